The van der Waals surface area contributed by atoms with Crippen LogP contribution in [0.2, 0.25) is 0 Å². The zero-order valence-electron chi connectivity index (χ0n) is 15.6. The maximum absolute atomic E-state index is 10.9. The number of benzene rings is 1. The molecule has 0 bridgehead atoms. The molecule has 3 rings (SSSR count). The minimum Gasteiger partial charge on any atom is -0.340 e. The lowest BCUT2D eigenvalue weighted by atomic mass is 9.92. The highest BCUT2D eigenvalue weighted by molar-refractivity contribution is 5.61. The molecule has 0 saturated carbocycles. The van der Waals surface area contributed by atoms with Crippen LogP contribution in [0.4, 0.5) is 29.0 Å². The van der Waals surface area contributed by atoms with Gasteiger partial charge in [-0.3, -0.25) is 14.8 Å². The van der Waals surface area contributed by atoms with Crippen LogP contribution in [0, 0.1) is 10.1 Å². The molecule has 0 fully saturated rings. The highest BCUT2D eigenvalue weighted by Gasteiger charge is 2.19. The molecule has 9 heteroatoms. The molecule has 27 heavy (non-hydrogen) atoms. The predicted molar refractivity (Wildman–Crippen MR) is 104 cm³/mol. The number of nitrogens with one attached hydrogen (secondary N) is 2. The van der Waals surface area contributed by atoms with Gasteiger partial charge in [0.2, 0.25) is 5.95 Å². The summed E-state index contributed by atoms with van der Waals surface area (Å²) in [7, 11) is 1.85. The summed E-state index contributed by atoms with van der Waals surface area (Å²) in [5, 5.41) is 21.6. The number of rotatable bonds is 5. The minimum atomic E-state index is -0.437. The van der Waals surface area contributed by atoms with Crippen LogP contribution < -0.4 is 10.6 Å². The fourth-order valence-electron chi connectivity index (χ4n) is 2.40. The van der Waals surface area contributed by atoms with E-state index in [4.69, 9.17) is 0 Å². The first-order valence-corrected chi connectivity index (χ1v) is 8.38. The summed E-state index contributed by atoms with van der Waals surface area (Å²) in [6, 6.07) is 9.89. The maximum atomic E-state index is 10.9. The first kappa shape index (κ1) is 18.3. The van der Waals surface area contributed by atoms with E-state index in [9.17, 15) is 10.1 Å². The zero-order chi connectivity index (χ0) is 19.6. The molecule has 2 N–H and O–H groups in total. The van der Waals surface area contributed by atoms with E-state index in [1.165, 1.54) is 12.1 Å². The van der Waals surface area contributed by atoms with Crippen molar-refractivity contribution in [3.05, 3.63) is 58.4 Å². The van der Waals surface area contributed by atoms with Crippen LogP contribution in [-0.4, -0.2) is 24.7 Å². The molecular formula is C18H21N7O2. The Kier molecular flexibility index (Phi) is 4.76. The molecule has 0 unspecified atom stereocenters. The van der Waals surface area contributed by atoms with E-state index >= 15 is 0 Å². The molecule has 0 aliphatic heterocycles. The van der Waals surface area contributed by atoms with Crippen molar-refractivity contribution >= 4 is 29.0 Å². The van der Waals surface area contributed by atoms with Gasteiger partial charge in [-0.05, 0) is 12.1 Å². The number of aryl methyl sites for hydroxylation is 1. The molecule has 2 aromatic heterocycles. The molecule has 140 valence electrons. The van der Waals surface area contributed by atoms with Crippen molar-refractivity contribution in [2.75, 3.05) is 10.6 Å². The Hall–Kier alpha value is -3.49. The fourth-order valence-corrected chi connectivity index (χ4v) is 2.40. The van der Waals surface area contributed by atoms with Gasteiger partial charge in [0.1, 0.15) is 11.6 Å². The smallest absolute Gasteiger partial charge is 0.271 e. The second-order valence-corrected chi connectivity index (χ2v) is 7.11. The number of non-ortho nitro benzene ring substituents is 1. The van der Waals surface area contributed by atoms with E-state index in [1.807, 2.05) is 13.1 Å². The molecule has 0 spiro atoms. The van der Waals surface area contributed by atoms with Crippen LogP contribution >= 0.6 is 0 Å². The van der Waals surface area contributed by atoms with Gasteiger partial charge in [0.05, 0.1) is 10.6 Å². The van der Waals surface area contributed by atoms with Crippen molar-refractivity contribution in [3.8, 4) is 0 Å². The SMILES string of the molecule is Cn1nc(C(C)(C)C)cc1Nc1nccc(Nc2cccc([N+](=O)[O-])c2)n1. The van der Waals surface area contributed by atoms with Gasteiger partial charge in [-0.1, -0.05) is 26.8 Å². The van der Waals surface area contributed by atoms with Gasteiger partial charge in [-0.15, -0.1) is 0 Å². The molecule has 2 heterocycles. The standard InChI is InChI=1S/C18H21N7O2/c1-18(2,3)14-11-16(24(4)23-14)22-17-19-9-8-15(21-17)20-12-6-5-7-13(10-12)25(26)27/h5-11H,1-4H3,(H2,19,20,21,22). The van der Waals surface area contributed by atoms with Crippen molar-refractivity contribution < 1.29 is 4.92 Å². The van der Waals surface area contributed by atoms with Gasteiger partial charge in [0.25, 0.3) is 5.69 Å². The van der Waals surface area contributed by atoms with Crippen molar-refractivity contribution in [3.63, 3.8) is 0 Å². The molecule has 0 saturated heterocycles. The minimum absolute atomic E-state index is 0.0111. The summed E-state index contributed by atoms with van der Waals surface area (Å²) >= 11 is 0. The highest BCUT2D eigenvalue weighted by atomic mass is 16.6. The second-order valence-electron chi connectivity index (χ2n) is 7.11. The van der Waals surface area contributed by atoms with Crippen LogP contribution in [0.5, 0.6) is 0 Å². The third kappa shape index (κ3) is 4.38. The highest BCUT2D eigenvalue weighted by Crippen LogP contribution is 2.25. The van der Waals surface area contributed by atoms with Gasteiger partial charge in [-0.2, -0.15) is 10.1 Å². The molecule has 0 amide bonds. The molecule has 1 aromatic carbocycles. The van der Waals surface area contributed by atoms with Crippen molar-refractivity contribution in [1.82, 2.24) is 19.7 Å². The van der Waals surface area contributed by atoms with Gasteiger partial charge in [0.15, 0.2) is 0 Å². The van der Waals surface area contributed by atoms with Crippen LogP contribution in [0.1, 0.15) is 26.5 Å². The van der Waals surface area contributed by atoms with Gasteiger partial charge in [-0.25, -0.2) is 4.98 Å². The number of aromatic nitrogens is 4. The van der Waals surface area contributed by atoms with Crippen LogP contribution in [0.25, 0.3) is 0 Å². The number of hydrogen-bond acceptors (Lipinski definition) is 7. The Morgan fingerprint density at radius 2 is 1.93 bits per heavy atom. The largest absolute Gasteiger partial charge is 0.340 e. The number of hydrogen-bond donors (Lipinski definition) is 2. The van der Waals surface area contributed by atoms with E-state index in [0.29, 0.717) is 17.5 Å². The Morgan fingerprint density at radius 1 is 1.15 bits per heavy atom. The third-order valence-corrected chi connectivity index (χ3v) is 3.87. The lowest BCUT2D eigenvalue weighted by Gasteiger charge is -2.13. The third-order valence-electron chi connectivity index (χ3n) is 3.87. The van der Waals surface area contributed by atoms with E-state index < -0.39 is 4.92 Å². The lowest BCUT2D eigenvalue weighted by molar-refractivity contribution is -0.384. The summed E-state index contributed by atoms with van der Waals surface area (Å²) in [5.74, 6) is 1.69. The summed E-state index contributed by atoms with van der Waals surface area (Å²) in [6.45, 7) is 6.29. The van der Waals surface area contributed by atoms with Gasteiger partial charge in [0, 0.05) is 42.5 Å². The van der Waals surface area contributed by atoms with Crippen LogP contribution in [-0.2, 0) is 12.5 Å². The predicted octanol–water partition coefficient (Wildman–Crippen LogP) is 3.90. The zero-order valence-corrected chi connectivity index (χ0v) is 15.6. The molecule has 3 aromatic rings. The van der Waals surface area contributed by atoms with E-state index in [0.717, 1.165) is 11.5 Å². The lowest BCUT2D eigenvalue weighted by Crippen LogP contribution is -2.12. The molecule has 0 aliphatic rings. The normalized spacial score (nSPS) is 11.3. The monoisotopic (exact) mass is 367 g/mol. The Bertz CT molecular complexity index is 976. The summed E-state index contributed by atoms with van der Waals surface area (Å²) in [4.78, 5) is 19.1. The average Bonchev–Trinajstić information content (AvgIpc) is 2.96. The Balaban J connectivity index is 1.79. The fraction of sp³-hybridized carbons (Fsp3) is 0.278. The maximum Gasteiger partial charge on any atom is 0.271 e. The molecule has 9 nitrogen and oxygen atoms in total. The number of nitro groups is 1. The molecular weight excluding hydrogens is 346 g/mol. The van der Waals surface area contributed by atoms with Crippen molar-refractivity contribution in [2.24, 2.45) is 7.05 Å². The summed E-state index contributed by atoms with van der Waals surface area (Å²) in [5.41, 5.74) is 1.48. The van der Waals surface area contributed by atoms with Crippen molar-refractivity contribution in [1.29, 1.82) is 0 Å². The number of nitro benzene ring substituents is 1. The van der Waals surface area contributed by atoms with E-state index in [-0.39, 0.29) is 11.1 Å². The summed E-state index contributed by atoms with van der Waals surface area (Å²) < 4.78 is 1.74. The van der Waals surface area contributed by atoms with Crippen molar-refractivity contribution in [2.45, 2.75) is 26.2 Å². The molecule has 0 aliphatic carbocycles. The van der Waals surface area contributed by atoms with Crippen LogP contribution in [0.3, 0.4) is 0 Å². The van der Waals surface area contributed by atoms with Gasteiger partial charge >= 0.3 is 0 Å². The van der Waals surface area contributed by atoms with E-state index in [1.54, 1.807) is 29.1 Å². The summed E-state index contributed by atoms with van der Waals surface area (Å²) in [6.07, 6.45) is 1.61. The first-order valence-electron chi connectivity index (χ1n) is 8.38. The molecule has 0 radical (unpaired) electrons. The molecule has 0 atom stereocenters. The van der Waals surface area contributed by atoms with Crippen LogP contribution in [0.15, 0.2) is 42.6 Å². The second kappa shape index (κ2) is 7.02. The number of anilines is 4. The quantitative estimate of drug-likeness (QED) is 0.519. The topological polar surface area (TPSA) is 111 Å². The first-order chi connectivity index (χ1) is 12.7. The van der Waals surface area contributed by atoms with Gasteiger partial charge < -0.3 is 10.6 Å². The van der Waals surface area contributed by atoms with E-state index in [2.05, 4.69) is 46.5 Å². The average molecular weight is 367 g/mol. The Labute approximate surface area is 156 Å². The number of nitrogens with zero attached hydrogens (tertiary/aromatic N) is 5. The Morgan fingerprint density at radius 3 is 2.59 bits per heavy atom.